The average Bonchev–Trinajstić information content (AvgIpc) is 3.09. The summed E-state index contributed by atoms with van der Waals surface area (Å²) in [5, 5.41) is 2.15. The Bertz CT molecular complexity index is 1190. The lowest BCUT2D eigenvalue weighted by Crippen LogP contribution is -2.36. The van der Waals surface area contributed by atoms with Crippen LogP contribution < -0.4 is 19.5 Å². The third-order valence-corrected chi connectivity index (χ3v) is 6.18. The molecule has 0 bridgehead atoms. The number of terminal acetylenes is 1. The van der Waals surface area contributed by atoms with E-state index in [9.17, 15) is 14.4 Å². The highest BCUT2D eigenvalue weighted by molar-refractivity contribution is 9.10. The minimum Gasteiger partial charge on any atom is -0.494 e. The highest BCUT2D eigenvalue weighted by Gasteiger charge is 2.36. The third kappa shape index (κ3) is 6.81. The van der Waals surface area contributed by atoms with Crippen LogP contribution in [0.1, 0.15) is 19.4 Å². The molecule has 2 aromatic rings. The minimum atomic E-state index is -0.556. The van der Waals surface area contributed by atoms with E-state index in [4.69, 9.17) is 20.6 Å². The number of hydrogen-bond donors (Lipinski definition) is 1. The summed E-state index contributed by atoms with van der Waals surface area (Å²) >= 11 is 4.21. The van der Waals surface area contributed by atoms with Crippen molar-refractivity contribution in [3.8, 4) is 29.6 Å². The van der Waals surface area contributed by atoms with Gasteiger partial charge in [-0.1, -0.05) is 21.9 Å². The molecular weight excluding hydrogens is 536 g/mol. The molecule has 1 aliphatic heterocycles. The van der Waals surface area contributed by atoms with Crippen LogP contribution in [-0.2, 0) is 9.59 Å². The highest BCUT2D eigenvalue weighted by Crippen LogP contribution is 2.38. The van der Waals surface area contributed by atoms with Gasteiger partial charge in [0, 0.05) is 10.2 Å². The number of nitrogens with zero attached hydrogens (tertiary/aromatic N) is 1. The van der Waals surface area contributed by atoms with Crippen LogP contribution in [0.3, 0.4) is 0 Å². The van der Waals surface area contributed by atoms with Crippen molar-refractivity contribution < 1.29 is 28.6 Å². The molecule has 1 N–H and O–H groups in total. The molecule has 182 valence electrons. The number of benzene rings is 2. The Morgan fingerprint density at radius 1 is 1.11 bits per heavy atom. The second kappa shape index (κ2) is 12.3. The van der Waals surface area contributed by atoms with Crippen LogP contribution in [0.25, 0.3) is 6.08 Å². The SMILES string of the molecule is C#CCOc1cc(Br)c(/C=C2\SC(=O)N(CC(=O)Nc3ccc(OCC)cc3)C2=O)cc1OCC. The fourth-order valence-electron chi connectivity index (χ4n) is 3.08. The molecule has 3 amide bonds. The summed E-state index contributed by atoms with van der Waals surface area (Å²) in [6.07, 6.45) is 6.83. The third-order valence-electron chi connectivity index (χ3n) is 4.58. The van der Waals surface area contributed by atoms with Gasteiger partial charge in [0.25, 0.3) is 11.1 Å². The maximum absolute atomic E-state index is 12.9. The number of nitrogens with one attached hydrogen (secondary N) is 1. The zero-order valence-corrected chi connectivity index (χ0v) is 21.5. The van der Waals surface area contributed by atoms with Crippen molar-refractivity contribution >= 4 is 56.5 Å². The van der Waals surface area contributed by atoms with Crippen molar-refractivity contribution in [2.75, 3.05) is 31.7 Å². The first-order chi connectivity index (χ1) is 16.9. The summed E-state index contributed by atoms with van der Waals surface area (Å²) in [5.74, 6) is 2.93. The van der Waals surface area contributed by atoms with Gasteiger partial charge < -0.3 is 19.5 Å². The van der Waals surface area contributed by atoms with Gasteiger partial charge in [0.2, 0.25) is 5.91 Å². The molecule has 0 radical (unpaired) electrons. The lowest BCUT2D eigenvalue weighted by atomic mass is 10.2. The van der Waals surface area contributed by atoms with Crippen LogP contribution in [0.5, 0.6) is 17.2 Å². The Kier molecular flexibility index (Phi) is 9.23. The molecule has 8 nitrogen and oxygen atoms in total. The standard InChI is InChI=1S/C25H23BrN2O6S/c1-4-11-34-21-14-19(26)16(12-20(21)33-6-3)13-22-24(30)28(25(31)35-22)15-23(29)27-17-7-9-18(10-8-17)32-5-2/h1,7-10,12-14H,5-6,11,15H2,2-3H3,(H,27,29)/b22-13-. The first-order valence-electron chi connectivity index (χ1n) is 10.7. The van der Waals surface area contributed by atoms with Crippen molar-refractivity contribution in [2.45, 2.75) is 13.8 Å². The summed E-state index contributed by atoms with van der Waals surface area (Å²) < 4.78 is 17.1. The fraction of sp³-hybridized carbons (Fsp3) is 0.240. The topological polar surface area (TPSA) is 94.2 Å². The van der Waals surface area contributed by atoms with Gasteiger partial charge in [0.05, 0.1) is 18.1 Å². The number of ether oxygens (including phenoxy) is 3. The van der Waals surface area contributed by atoms with E-state index in [1.165, 1.54) is 0 Å². The molecule has 1 fully saturated rings. The van der Waals surface area contributed by atoms with Gasteiger partial charge in [-0.3, -0.25) is 19.3 Å². The van der Waals surface area contributed by atoms with Crippen LogP contribution in [0.4, 0.5) is 10.5 Å². The van der Waals surface area contributed by atoms with E-state index in [2.05, 4.69) is 27.2 Å². The molecule has 0 atom stereocenters. The summed E-state index contributed by atoms with van der Waals surface area (Å²) in [7, 11) is 0. The molecule has 0 aromatic heterocycles. The molecule has 0 aliphatic carbocycles. The summed E-state index contributed by atoms with van der Waals surface area (Å²) in [5.41, 5.74) is 1.13. The molecule has 1 heterocycles. The van der Waals surface area contributed by atoms with Gasteiger partial charge >= 0.3 is 0 Å². The largest absolute Gasteiger partial charge is 0.494 e. The Hall–Kier alpha value is -3.42. The first-order valence-corrected chi connectivity index (χ1v) is 12.3. The van der Waals surface area contributed by atoms with E-state index in [-0.39, 0.29) is 11.5 Å². The van der Waals surface area contributed by atoms with Gasteiger partial charge in [-0.15, -0.1) is 6.42 Å². The minimum absolute atomic E-state index is 0.0729. The predicted octanol–water partition coefficient (Wildman–Crippen LogP) is 4.93. The Morgan fingerprint density at radius 2 is 1.80 bits per heavy atom. The molecular formula is C25H23BrN2O6S. The van der Waals surface area contributed by atoms with Crippen LogP contribution in [0.2, 0.25) is 0 Å². The normalized spacial score (nSPS) is 14.1. The fourth-order valence-corrected chi connectivity index (χ4v) is 4.35. The number of carbonyl (C=O) groups excluding carboxylic acids is 3. The molecule has 2 aromatic carbocycles. The van der Waals surface area contributed by atoms with Crippen molar-refractivity contribution in [3.05, 3.63) is 51.3 Å². The zero-order valence-electron chi connectivity index (χ0n) is 19.1. The number of carbonyl (C=O) groups is 3. The summed E-state index contributed by atoms with van der Waals surface area (Å²) in [6.45, 7) is 4.31. The van der Waals surface area contributed by atoms with Crippen molar-refractivity contribution in [3.63, 3.8) is 0 Å². The number of imide groups is 1. The van der Waals surface area contributed by atoms with Crippen LogP contribution in [-0.4, -0.2) is 48.3 Å². The molecule has 0 unspecified atom stereocenters. The maximum atomic E-state index is 12.9. The van der Waals surface area contributed by atoms with Crippen molar-refractivity contribution in [1.82, 2.24) is 4.90 Å². The number of halogens is 1. The number of anilines is 1. The lowest BCUT2D eigenvalue weighted by molar-refractivity contribution is -0.127. The molecule has 1 aliphatic rings. The van der Waals surface area contributed by atoms with Gasteiger partial charge in [-0.05, 0) is 73.6 Å². The Labute approximate surface area is 216 Å². The Balaban J connectivity index is 1.73. The summed E-state index contributed by atoms with van der Waals surface area (Å²) in [6, 6.07) is 10.2. The van der Waals surface area contributed by atoms with Crippen LogP contribution >= 0.6 is 27.7 Å². The molecule has 35 heavy (non-hydrogen) atoms. The molecule has 3 rings (SSSR count). The van der Waals surface area contributed by atoms with E-state index < -0.39 is 23.6 Å². The maximum Gasteiger partial charge on any atom is 0.294 e. The van der Waals surface area contributed by atoms with E-state index in [1.54, 1.807) is 42.5 Å². The van der Waals surface area contributed by atoms with Crippen LogP contribution in [0, 0.1) is 12.3 Å². The quantitative estimate of drug-likeness (QED) is 0.326. The molecule has 10 heteroatoms. The van der Waals surface area contributed by atoms with E-state index in [1.807, 2.05) is 13.8 Å². The zero-order chi connectivity index (χ0) is 25.4. The van der Waals surface area contributed by atoms with E-state index in [0.29, 0.717) is 46.2 Å². The van der Waals surface area contributed by atoms with Gasteiger partial charge in [0.1, 0.15) is 18.9 Å². The van der Waals surface area contributed by atoms with Gasteiger partial charge in [-0.2, -0.15) is 0 Å². The van der Waals surface area contributed by atoms with E-state index >= 15 is 0 Å². The second-order valence-electron chi connectivity index (χ2n) is 7.02. The number of thioether (sulfide) groups is 1. The number of amides is 3. The second-order valence-corrected chi connectivity index (χ2v) is 8.87. The number of hydrogen-bond acceptors (Lipinski definition) is 7. The molecule has 0 spiro atoms. The predicted molar refractivity (Wildman–Crippen MR) is 139 cm³/mol. The highest BCUT2D eigenvalue weighted by atomic mass is 79.9. The van der Waals surface area contributed by atoms with E-state index in [0.717, 1.165) is 16.7 Å². The monoisotopic (exact) mass is 558 g/mol. The van der Waals surface area contributed by atoms with Crippen molar-refractivity contribution in [2.24, 2.45) is 0 Å². The molecule has 0 saturated carbocycles. The first kappa shape index (κ1) is 26.2. The van der Waals surface area contributed by atoms with Crippen molar-refractivity contribution in [1.29, 1.82) is 0 Å². The Morgan fingerprint density at radius 3 is 2.46 bits per heavy atom. The van der Waals surface area contributed by atoms with Crippen LogP contribution in [0.15, 0.2) is 45.8 Å². The smallest absolute Gasteiger partial charge is 0.294 e. The molecule has 1 saturated heterocycles. The summed E-state index contributed by atoms with van der Waals surface area (Å²) in [4.78, 5) is 38.9. The van der Waals surface area contributed by atoms with Gasteiger partial charge in [-0.25, -0.2) is 0 Å². The van der Waals surface area contributed by atoms with Gasteiger partial charge in [0.15, 0.2) is 11.5 Å². The number of rotatable bonds is 10. The lowest BCUT2D eigenvalue weighted by Gasteiger charge is -2.13. The average molecular weight is 559 g/mol.